The predicted molar refractivity (Wildman–Crippen MR) is 60.0 cm³/mol. The topological polar surface area (TPSA) is 17.1 Å². The van der Waals surface area contributed by atoms with E-state index in [4.69, 9.17) is 11.6 Å². The van der Waals surface area contributed by atoms with Crippen LogP contribution in [0.1, 0.15) is 24.8 Å². The Hall–Kier alpha value is -1.10. The Labute approximate surface area is 107 Å². The lowest BCUT2D eigenvalue weighted by molar-refractivity contribution is -0.137. The molecule has 0 atom stereocenters. The molecular weight excluding hydrogens is 272 g/mol. The van der Waals surface area contributed by atoms with Crippen LogP contribution in [-0.2, 0) is 11.2 Å². The number of hydrogen-bond donors (Lipinski definition) is 0. The van der Waals surface area contributed by atoms with Crippen molar-refractivity contribution >= 4 is 17.4 Å². The Kier molecular flexibility index (Phi) is 5.14. The molecule has 18 heavy (non-hydrogen) atoms. The third-order valence-electron chi connectivity index (χ3n) is 2.35. The molecule has 0 aliphatic carbocycles. The minimum Gasteiger partial charge on any atom is -0.299 e. The van der Waals surface area contributed by atoms with E-state index in [2.05, 4.69) is 0 Å². The maximum absolute atomic E-state index is 13.3. The zero-order valence-electron chi connectivity index (χ0n) is 9.36. The molecule has 0 heterocycles. The highest BCUT2D eigenvalue weighted by molar-refractivity contribution is 6.31. The zero-order valence-corrected chi connectivity index (χ0v) is 10.1. The van der Waals surface area contributed by atoms with Gasteiger partial charge in [0.2, 0.25) is 0 Å². The first kappa shape index (κ1) is 15.0. The molecule has 0 spiro atoms. The third kappa shape index (κ3) is 5.04. The van der Waals surface area contributed by atoms with E-state index in [1.165, 1.54) is 12.1 Å². The second-order valence-corrected chi connectivity index (χ2v) is 4.29. The summed E-state index contributed by atoms with van der Waals surface area (Å²) < 4.78 is 48.9. The summed E-state index contributed by atoms with van der Waals surface area (Å²) in [5.41, 5.74) is 0.0381. The van der Waals surface area contributed by atoms with Gasteiger partial charge in [0, 0.05) is 29.8 Å². The van der Waals surface area contributed by atoms with Crippen LogP contribution in [0.4, 0.5) is 17.6 Å². The van der Waals surface area contributed by atoms with Gasteiger partial charge >= 0.3 is 6.18 Å². The first-order chi connectivity index (χ1) is 8.29. The highest BCUT2D eigenvalue weighted by atomic mass is 35.5. The van der Waals surface area contributed by atoms with Crippen LogP contribution in [0, 0.1) is 5.82 Å². The highest BCUT2D eigenvalue weighted by Crippen LogP contribution is 2.24. The van der Waals surface area contributed by atoms with Gasteiger partial charge in [0.05, 0.1) is 0 Å². The third-order valence-corrected chi connectivity index (χ3v) is 2.71. The highest BCUT2D eigenvalue weighted by Gasteiger charge is 2.26. The Morgan fingerprint density at radius 2 is 1.94 bits per heavy atom. The zero-order chi connectivity index (χ0) is 13.8. The molecule has 0 aromatic heterocycles. The quantitative estimate of drug-likeness (QED) is 0.735. The minimum atomic E-state index is -4.27. The van der Waals surface area contributed by atoms with Gasteiger partial charge in [0.1, 0.15) is 11.6 Å². The molecule has 1 nitrogen and oxygen atoms in total. The number of Topliss-reactive ketones (excluding diaryl/α,β-unsaturated/α-hetero) is 1. The summed E-state index contributed by atoms with van der Waals surface area (Å²) in [5.74, 6) is -1.07. The Morgan fingerprint density at radius 1 is 1.28 bits per heavy atom. The lowest BCUT2D eigenvalue weighted by Crippen LogP contribution is -2.10. The van der Waals surface area contributed by atoms with E-state index in [0.29, 0.717) is 0 Å². The van der Waals surface area contributed by atoms with Crippen molar-refractivity contribution in [2.24, 2.45) is 0 Å². The average Bonchev–Trinajstić information content (AvgIpc) is 2.22. The first-order valence-electron chi connectivity index (χ1n) is 5.31. The molecule has 0 amide bonds. The van der Waals surface area contributed by atoms with Gasteiger partial charge in [-0.2, -0.15) is 13.2 Å². The van der Waals surface area contributed by atoms with Gasteiger partial charge in [-0.05, 0) is 18.6 Å². The molecule has 0 aliphatic rings. The van der Waals surface area contributed by atoms with Crippen molar-refractivity contribution in [2.75, 3.05) is 0 Å². The Balaban J connectivity index is 2.50. The molecule has 6 heteroatoms. The normalized spacial score (nSPS) is 11.6. The summed E-state index contributed by atoms with van der Waals surface area (Å²) in [6.07, 6.45) is -6.07. The van der Waals surface area contributed by atoms with Gasteiger partial charge in [-0.25, -0.2) is 4.39 Å². The number of hydrogen-bond acceptors (Lipinski definition) is 1. The Morgan fingerprint density at radius 3 is 2.50 bits per heavy atom. The summed E-state index contributed by atoms with van der Waals surface area (Å²) in [4.78, 5) is 11.4. The van der Waals surface area contributed by atoms with Gasteiger partial charge in [-0.15, -0.1) is 0 Å². The first-order valence-corrected chi connectivity index (χ1v) is 5.69. The summed E-state index contributed by atoms with van der Waals surface area (Å²) in [6, 6.07) is 3.99. The van der Waals surface area contributed by atoms with Crippen molar-refractivity contribution in [1.29, 1.82) is 0 Å². The molecular formula is C12H11ClF4O. The fourth-order valence-corrected chi connectivity index (χ4v) is 1.70. The maximum Gasteiger partial charge on any atom is 0.389 e. The van der Waals surface area contributed by atoms with Crippen molar-refractivity contribution in [1.82, 2.24) is 0 Å². The number of ketones is 1. The number of rotatable bonds is 5. The summed E-state index contributed by atoms with van der Waals surface area (Å²) in [5, 5.41) is 0.110. The second kappa shape index (κ2) is 6.18. The monoisotopic (exact) mass is 282 g/mol. The van der Waals surface area contributed by atoms with Crippen LogP contribution in [0.15, 0.2) is 18.2 Å². The molecule has 1 aromatic carbocycles. The summed E-state index contributed by atoms with van der Waals surface area (Å²) >= 11 is 5.71. The fraction of sp³-hybridized carbons (Fsp3) is 0.417. The van der Waals surface area contributed by atoms with Crippen molar-refractivity contribution in [3.63, 3.8) is 0 Å². The number of alkyl halides is 3. The van der Waals surface area contributed by atoms with E-state index in [1.54, 1.807) is 0 Å². The Bertz CT molecular complexity index is 408. The SMILES string of the molecule is O=C(CCCC(F)(F)F)Cc1c(F)cccc1Cl. The molecule has 0 N–H and O–H groups in total. The van der Waals surface area contributed by atoms with E-state index in [9.17, 15) is 22.4 Å². The largest absolute Gasteiger partial charge is 0.389 e. The predicted octanol–water partition coefficient (Wildman–Crippen LogP) is 4.32. The molecule has 0 saturated heterocycles. The van der Waals surface area contributed by atoms with Crippen molar-refractivity contribution in [2.45, 2.75) is 31.9 Å². The smallest absolute Gasteiger partial charge is 0.299 e. The fourth-order valence-electron chi connectivity index (χ4n) is 1.47. The minimum absolute atomic E-state index is 0.0381. The number of carbonyl (C=O) groups is 1. The lowest BCUT2D eigenvalue weighted by Gasteiger charge is -2.07. The van der Waals surface area contributed by atoms with Crippen LogP contribution < -0.4 is 0 Å². The molecule has 0 aliphatic heterocycles. The molecule has 0 saturated carbocycles. The second-order valence-electron chi connectivity index (χ2n) is 3.88. The van der Waals surface area contributed by atoms with Crippen molar-refractivity contribution in [3.05, 3.63) is 34.6 Å². The van der Waals surface area contributed by atoms with Crippen LogP contribution in [0.5, 0.6) is 0 Å². The lowest BCUT2D eigenvalue weighted by atomic mass is 10.0. The van der Waals surface area contributed by atoms with E-state index in [-0.39, 0.29) is 29.8 Å². The standard InChI is InChI=1S/C12H11ClF4O/c13-10-4-1-5-11(14)9(10)7-8(18)3-2-6-12(15,16)17/h1,4-5H,2-3,6-7H2. The van der Waals surface area contributed by atoms with Crippen molar-refractivity contribution < 1.29 is 22.4 Å². The van der Waals surface area contributed by atoms with Crippen LogP contribution in [-0.4, -0.2) is 12.0 Å². The number of benzene rings is 1. The van der Waals surface area contributed by atoms with E-state index >= 15 is 0 Å². The van der Waals surface area contributed by atoms with Crippen LogP contribution in [0.2, 0.25) is 5.02 Å². The van der Waals surface area contributed by atoms with Crippen LogP contribution in [0.25, 0.3) is 0 Å². The maximum atomic E-state index is 13.3. The van der Waals surface area contributed by atoms with E-state index in [1.807, 2.05) is 0 Å². The average molecular weight is 283 g/mol. The molecule has 1 rings (SSSR count). The van der Waals surface area contributed by atoms with Gasteiger partial charge in [-0.3, -0.25) is 4.79 Å². The molecule has 1 aromatic rings. The molecule has 0 fully saturated rings. The van der Waals surface area contributed by atoms with Crippen molar-refractivity contribution in [3.8, 4) is 0 Å². The summed E-state index contributed by atoms with van der Waals surface area (Å²) in [7, 11) is 0. The van der Waals surface area contributed by atoms with Crippen LogP contribution in [0.3, 0.4) is 0 Å². The molecule has 100 valence electrons. The van der Waals surface area contributed by atoms with Gasteiger partial charge in [0.25, 0.3) is 0 Å². The van der Waals surface area contributed by atoms with E-state index < -0.39 is 24.2 Å². The molecule has 0 bridgehead atoms. The van der Waals surface area contributed by atoms with E-state index in [0.717, 1.165) is 6.07 Å². The van der Waals surface area contributed by atoms with Gasteiger partial charge < -0.3 is 0 Å². The summed E-state index contributed by atoms with van der Waals surface area (Å²) in [6.45, 7) is 0. The number of carbonyl (C=O) groups excluding carboxylic acids is 1. The van der Waals surface area contributed by atoms with Gasteiger partial charge in [-0.1, -0.05) is 17.7 Å². The molecule has 0 radical (unpaired) electrons. The van der Waals surface area contributed by atoms with Gasteiger partial charge in [0.15, 0.2) is 0 Å². The molecule has 0 unspecified atom stereocenters. The number of halogens is 5. The van der Waals surface area contributed by atoms with Crippen LogP contribution >= 0.6 is 11.6 Å².